The summed E-state index contributed by atoms with van der Waals surface area (Å²) in [6.45, 7) is 3.41. The van der Waals surface area contributed by atoms with E-state index in [1.165, 1.54) is 4.90 Å². The van der Waals surface area contributed by atoms with Gasteiger partial charge in [-0.1, -0.05) is 6.92 Å². The lowest BCUT2D eigenvalue weighted by molar-refractivity contribution is -0.149. The first-order valence-electron chi connectivity index (χ1n) is 5.34. The number of rotatable bonds is 3. The molecular formula is C10H17N3O3. The quantitative estimate of drug-likeness (QED) is 0.604. The van der Waals surface area contributed by atoms with Crippen molar-refractivity contribution in [1.29, 1.82) is 0 Å². The minimum absolute atomic E-state index is 0.0673. The summed E-state index contributed by atoms with van der Waals surface area (Å²) < 4.78 is 0. The number of amides is 3. The molecule has 0 aromatic rings. The highest BCUT2D eigenvalue weighted by atomic mass is 16.2. The van der Waals surface area contributed by atoms with E-state index in [2.05, 4.69) is 5.32 Å². The van der Waals surface area contributed by atoms with Gasteiger partial charge in [-0.2, -0.15) is 0 Å². The van der Waals surface area contributed by atoms with Crippen molar-refractivity contribution in [3.05, 3.63) is 0 Å². The summed E-state index contributed by atoms with van der Waals surface area (Å²) in [4.78, 5) is 35.5. The molecule has 1 aliphatic rings. The molecule has 90 valence electrons. The first-order chi connectivity index (χ1) is 7.45. The van der Waals surface area contributed by atoms with Crippen LogP contribution in [0, 0.1) is 0 Å². The maximum absolute atomic E-state index is 11.8. The molecule has 0 radical (unpaired) electrons. The van der Waals surface area contributed by atoms with Crippen LogP contribution in [0.1, 0.15) is 26.7 Å². The van der Waals surface area contributed by atoms with Gasteiger partial charge in [0.1, 0.15) is 12.6 Å². The molecule has 2 unspecified atom stereocenters. The molecule has 0 saturated carbocycles. The number of hydrogen-bond acceptors (Lipinski definition) is 4. The smallest absolute Gasteiger partial charge is 0.249 e. The standard InChI is InChI=1S/C10H17N3O3/c1-3-7(11)4-9(15)13-5-8(14)12-10(16)6(13)2/h6-7H,3-5,11H2,1-2H3,(H,12,14,16). The number of imide groups is 1. The Hall–Kier alpha value is -1.43. The fourth-order valence-electron chi connectivity index (χ4n) is 1.50. The molecule has 2 atom stereocenters. The number of piperazine rings is 1. The minimum atomic E-state index is -0.603. The summed E-state index contributed by atoms with van der Waals surface area (Å²) >= 11 is 0. The molecule has 1 fully saturated rings. The third kappa shape index (κ3) is 2.79. The molecule has 0 aromatic heterocycles. The minimum Gasteiger partial charge on any atom is -0.327 e. The highest BCUT2D eigenvalue weighted by Gasteiger charge is 2.33. The second-order valence-electron chi connectivity index (χ2n) is 3.98. The number of nitrogens with zero attached hydrogens (tertiary/aromatic N) is 1. The van der Waals surface area contributed by atoms with Crippen LogP contribution < -0.4 is 11.1 Å². The first-order valence-corrected chi connectivity index (χ1v) is 5.34. The van der Waals surface area contributed by atoms with Crippen LogP contribution in [-0.4, -0.2) is 41.2 Å². The van der Waals surface area contributed by atoms with Crippen LogP contribution >= 0.6 is 0 Å². The van der Waals surface area contributed by atoms with Gasteiger partial charge >= 0.3 is 0 Å². The zero-order chi connectivity index (χ0) is 12.3. The third-order valence-corrected chi connectivity index (χ3v) is 2.71. The lowest BCUT2D eigenvalue weighted by atomic mass is 10.1. The molecule has 16 heavy (non-hydrogen) atoms. The Morgan fingerprint density at radius 3 is 2.81 bits per heavy atom. The topological polar surface area (TPSA) is 92.5 Å². The maximum Gasteiger partial charge on any atom is 0.249 e. The van der Waals surface area contributed by atoms with Crippen LogP contribution in [0.25, 0.3) is 0 Å². The normalized spacial score (nSPS) is 22.9. The average molecular weight is 227 g/mol. The molecule has 0 aromatic carbocycles. The number of hydrogen-bond donors (Lipinski definition) is 2. The fraction of sp³-hybridized carbons (Fsp3) is 0.700. The predicted molar refractivity (Wildman–Crippen MR) is 57.2 cm³/mol. The van der Waals surface area contributed by atoms with Crippen molar-refractivity contribution in [3.63, 3.8) is 0 Å². The van der Waals surface area contributed by atoms with Crippen molar-refractivity contribution in [1.82, 2.24) is 10.2 Å². The SMILES string of the molecule is CCC(N)CC(=O)N1CC(=O)NC(=O)C1C. The summed E-state index contributed by atoms with van der Waals surface area (Å²) in [6, 6.07) is -0.825. The maximum atomic E-state index is 11.8. The molecule has 0 bridgehead atoms. The number of carbonyl (C=O) groups excluding carboxylic acids is 3. The van der Waals surface area contributed by atoms with Gasteiger partial charge in [0.2, 0.25) is 17.7 Å². The van der Waals surface area contributed by atoms with E-state index in [9.17, 15) is 14.4 Å². The number of nitrogens with two attached hydrogens (primary N) is 1. The highest BCUT2D eigenvalue weighted by Crippen LogP contribution is 2.08. The molecule has 0 spiro atoms. The summed E-state index contributed by atoms with van der Waals surface area (Å²) in [5.41, 5.74) is 5.66. The number of carbonyl (C=O) groups is 3. The van der Waals surface area contributed by atoms with E-state index in [0.29, 0.717) is 6.42 Å². The van der Waals surface area contributed by atoms with Crippen molar-refractivity contribution >= 4 is 17.7 Å². The van der Waals surface area contributed by atoms with Gasteiger partial charge < -0.3 is 10.6 Å². The summed E-state index contributed by atoms with van der Waals surface area (Å²) in [6.07, 6.45) is 0.857. The Balaban J connectivity index is 2.66. The van der Waals surface area contributed by atoms with Crippen LogP contribution in [0.15, 0.2) is 0 Å². The molecule has 3 amide bonds. The van der Waals surface area contributed by atoms with Gasteiger partial charge in [-0.25, -0.2) is 0 Å². The monoisotopic (exact) mass is 227 g/mol. The predicted octanol–water partition coefficient (Wildman–Crippen LogP) is -1.01. The molecule has 1 saturated heterocycles. The van der Waals surface area contributed by atoms with E-state index < -0.39 is 17.9 Å². The zero-order valence-corrected chi connectivity index (χ0v) is 9.53. The van der Waals surface area contributed by atoms with E-state index in [-0.39, 0.29) is 24.9 Å². The Kier molecular flexibility index (Phi) is 4.00. The second-order valence-corrected chi connectivity index (χ2v) is 3.98. The molecule has 6 heteroatoms. The van der Waals surface area contributed by atoms with Gasteiger partial charge in [0.15, 0.2) is 0 Å². The van der Waals surface area contributed by atoms with Gasteiger partial charge in [0.05, 0.1) is 0 Å². The zero-order valence-electron chi connectivity index (χ0n) is 9.53. The number of nitrogens with one attached hydrogen (secondary N) is 1. The molecule has 0 aliphatic carbocycles. The van der Waals surface area contributed by atoms with Crippen LogP contribution in [0.4, 0.5) is 0 Å². The van der Waals surface area contributed by atoms with Gasteiger partial charge in [0.25, 0.3) is 0 Å². The molecule has 3 N–H and O–H groups in total. The van der Waals surface area contributed by atoms with Crippen LogP contribution in [0.2, 0.25) is 0 Å². The summed E-state index contributed by atoms with van der Waals surface area (Å²) in [7, 11) is 0. The Labute approximate surface area is 94.2 Å². The van der Waals surface area contributed by atoms with E-state index in [1.807, 2.05) is 6.92 Å². The highest BCUT2D eigenvalue weighted by molar-refractivity contribution is 6.04. The van der Waals surface area contributed by atoms with E-state index in [4.69, 9.17) is 5.73 Å². The van der Waals surface area contributed by atoms with Crippen molar-refractivity contribution in [2.24, 2.45) is 5.73 Å². The third-order valence-electron chi connectivity index (χ3n) is 2.71. The van der Waals surface area contributed by atoms with Crippen molar-refractivity contribution in [3.8, 4) is 0 Å². The Morgan fingerprint density at radius 1 is 1.62 bits per heavy atom. The Morgan fingerprint density at radius 2 is 2.25 bits per heavy atom. The van der Waals surface area contributed by atoms with Crippen LogP contribution in [-0.2, 0) is 14.4 Å². The lowest BCUT2D eigenvalue weighted by Crippen LogP contribution is -2.59. The van der Waals surface area contributed by atoms with Crippen molar-refractivity contribution < 1.29 is 14.4 Å². The first kappa shape index (κ1) is 12.6. The lowest BCUT2D eigenvalue weighted by Gasteiger charge is -2.32. The van der Waals surface area contributed by atoms with Gasteiger partial charge in [-0.3, -0.25) is 19.7 Å². The fourth-order valence-corrected chi connectivity index (χ4v) is 1.50. The molecule has 1 aliphatic heterocycles. The van der Waals surface area contributed by atoms with E-state index in [1.54, 1.807) is 6.92 Å². The molecule has 1 rings (SSSR count). The molecular weight excluding hydrogens is 210 g/mol. The van der Waals surface area contributed by atoms with E-state index in [0.717, 1.165) is 0 Å². The summed E-state index contributed by atoms with van der Waals surface area (Å²) in [5, 5.41) is 2.18. The van der Waals surface area contributed by atoms with Crippen LogP contribution in [0.5, 0.6) is 0 Å². The van der Waals surface area contributed by atoms with E-state index >= 15 is 0 Å². The average Bonchev–Trinajstić information content (AvgIpc) is 2.22. The summed E-state index contributed by atoms with van der Waals surface area (Å²) in [5.74, 6) is -1.12. The van der Waals surface area contributed by atoms with Gasteiger partial charge in [-0.05, 0) is 13.3 Å². The second kappa shape index (κ2) is 5.07. The largest absolute Gasteiger partial charge is 0.327 e. The van der Waals surface area contributed by atoms with Crippen molar-refractivity contribution in [2.75, 3.05) is 6.54 Å². The van der Waals surface area contributed by atoms with Gasteiger partial charge in [0, 0.05) is 12.5 Å². The Bertz CT molecular complexity index is 316. The van der Waals surface area contributed by atoms with Gasteiger partial charge in [-0.15, -0.1) is 0 Å². The molecule has 6 nitrogen and oxygen atoms in total. The van der Waals surface area contributed by atoms with Crippen LogP contribution in [0.3, 0.4) is 0 Å². The van der Waals surface area contributed by atoms with Crippen molar-refractivity contribution in [2.45, 2.75) is 38.8 Å². The molecule has 1 heterocycles.